The Balaban J connectivity index is 1.99. The van der Waals surface area contributed by atoms with E-state index in [1.165, 1.54) is 12.1 Å². The molecule has 2 aromatic carbocycles. The fourth-order valence-electron chi connectivity index (χ4n) is 2.29. The van der Waals surface area contributed by atoms with Crippen LogP contribution in [0.1, 0.15) is 27.2 Å². The summed E-state index contributed by atoms with van der Waals surface area (Å²) in [5.74, 6) is -0.310. The standard InChI is InChI=1S/C20H24N4O4/c1-4-15(3)20(25)28-14-23(5-2)18-10-6-16(7-11-18)21-22-17-8-12-19(13-9-17)24(26)27/h6-13,15H,4-5,14H2,1-3H3. The molecule has 0 amide bonds. The average Bonchev–Trinajstić information content (AvgIpc) is 2.73. The van der Waals surface area contributed by atoms with Crippen LogP contribution in [0.5, 0.6) is 0 Å². The molecule has 8 nitrogen and oxygen atoms in total. The van der Waals surface area contributed by atoms with Crippen LogP contribution >= 0.6 is 0 Å². The monoisotopic (exact) mass is 384 g/mol. The van der Waals surface area contributed by atoms with Crippen LogP contribution in [0.25, 0.3) is 0 Å². The van der Waals surface area contributed by atoms with Crippen molar-refractivity contribution in [2.24, 2.45) is 16.1 Å². The van der Waals surface area contributed by atoms with E-state index in [0.717, 1.165) is 12.1 Å². The maximum absolute atomic E-state index is 11.8. The van der Waals surface area contributed by atoms with Crippen LogP contribution in [0.15, 0.2) is 58.8 Å². The maximum Gasteiger partial charge on any atom is 0.310 e. The summed E-state index contributed by atoms with van der Waals surface area (Å²) in [6.45, 7) is 6.68. The number of nitro groups is 1. The van der Waals surface area contributed by atoms with Gasteiger partial charge in [0, 0.05) is 24.4 Å². The molecule has 1 unspecified atom stereocenters. The van der Waals surface area contributed by atoms with Gasteiger partial charge in [-0.15, -0.1) is 0 Å². The predicted molar refractivity (Wildman–Crippen MR) is 107 cm³/mol. The summed E-state index contributed by atoms with van der Waals surface area (Å²) < 4.78 is 5.36. The molecule has 0 aliphatic heterocycles. The Morgan fingerprint density at radius 1 is 1.07 bits per heavy atom. The number of rotatable bonds is 9. The Labute approximate surface area is 164 Å². The lowest BCUT2D eigenvalue weighted by atomic mass is 10.1. The molecule has 148 valence electrons. The molecule has 0 radical (unpaired) electrons. The minimum Gasteiger partial charge on any atom is -0.444 e. The van der Waals surface area contributed by atoms with Gasteiger partial charge in [0.05, 0.1) is 22.2 Å². The van der Waals surface area contributed by atoms with Gasteiger partial charge < -0.3 is 9.64 Å². The number of carbonyl (C=O) groups excluding carboxylic acids is 1. The van der Waals surface area contributed by atoms with E-state index in [1.807, 2.05) is 49.9 Å². The van der Waals surface area contributed by atoms with Crippen LogP contribution in [0.4, 0.5) is 22.7 Å². The first-order chi connectivity index (χ1) is 13.4. The number of hydrogen-bond acceptors (Lipinski definition) is 7. The van der Waals surface area contributed by atoms with Gasteiger partial charge in [0.15, 0.2) is 6.73 Å². The first-order valence-electron chi connectivity index (χ1n) is 9.12. The van der Waals surface area contributed by atoms with Crippen LogP contribution in [-0.4, -0.2) is 24.2 Å². The minimum absolute atomic E-state index is 0.0111. The third-order valence-electron chi connectivity index (χ3n) is 4.32. The molecule has 0 aliphatic carbocycles. The molecule has 28 heavy (non-hydrogen) atoms. The summed E-state index contributed by atoms with van der Waals surface area (Å²) in [5.41, 5.74) is 2.10. The number of benzene rings is 2. The lowest BCUT2D eigenvalue weighted by molar-refractivity contribution is -0.384. The van der Waals surface area contributed by atoms with E-state index in [1.54, 1.807) is 12.1 Å². The average molecular weight is 384 g/mol. The van der Waals surface area contributed by atoms with E-state index in [-0.39, 0.29) is 24.3 Å². The third kappa shape index (κ3) is 5.87. The summed E-state index contributed by atoms with van der Waals surface area (Å²) >= 11 is 0. The molecule has 2 aromatic rings. The molecule has 0 heterocycles. The van der Waals surface area contributed by atoms with Gasteiger partial charge in [-0.2, -0.15) is 10.2 Å². The predicted octanol–water partition coefficient (Wildman–Crippen LogP) is 5.38. The lowest BCUT2D eigenvalue weighted by Gasteiger charge is -2.23. The maximum atomic E-state index is 11.8. The van der Waals surface area contributed by atoms with Gasteiger partial charge in [-0.3, -0.25) is 14.9 Å². The van der Waals surface area contributed by atoms with Crippen molar-refractivity contribution < 1.29 is 14.5 Å². The third-order valence-corrected chi connectivity index (χ3v) is 4.32. The Kier molecular flexibility index (Phi) is 7.62. The van der Waals surface area contributed by atoms with E-state index in [0.29, 0.717) is 17.9 Å². The Morgan fingerprint density at radius 3 is 2.07 bits per heavy atom. The van der Waals surface area contributed by atoms with E-state index in [9.17, 15) is 14.9 Å². The zero-order valence-corrected chi connectivity index (χ0v) is 16.2. The van der Waals surface area contributed by atoms with E-state index < -0.39 is 4.92 Å². The zero-order valence-electron chi connectivity index (χ0n) is 16.2. The van der Waals surface area contributed by atoms with Gasteiger partial charge >= 0.3 is 5.97 Å². The Morgan fingerprint density at radius 2 is 1.61 bits per heavy atom. The van der Waals surface area contributed by atoms with Crippen molar-refractivity contribution in [1.29, 1.82) is 0 Å². The number of hydrogen-bond donors (Lipinski definition) is 0. The Hall–Kier alpha value is -3.29. The molecule has 0 saturated carbocycles. The molecule has 1 atom stereocenters. The van der Waals surface area contributed by atoms with E-state index in [2.05, 4.69) is 10.2 Å². The number of esters is 1. The quantitative estimate of drug-likeness (QED) is 0.190. The van der Waals surface area contributed by atoms with Gasteiger partial charge in [0.2, 0.25) is 0 Å². The summed E-state index contributed by atoms with van der Waals surface area (Å²) in [5, 5.41) is 18.9. The van der Waals surface area contributed by atoms with Crippen LogP contribution in [0.2, 0.25) is 0 Å². The first-order valence-corrected chi connectivity index (χ1v) is 9.12. The summed E-state index contributed by atoms with van der Waals surface area (Å²) in [7, 11) is 0. The van der Waals surface area contributed by atoms with Gasteiger partial charge in [-0.25, -0.2) is 0 Å². The highest BCUT2D eigenvalue weighted by molar-refractivity contribution is 5.72. The van der Waals surface area contributed by atoms with Gasteiger partial charge in [0.1, 0.15) is 0 Å². The Bertz CT molecular complexity index is 819. The van der Waals surface area contributed by atoms with Crippen molar-refractivity contribution in [3.8, 4) is 0 Å². The normalized spacial score (nSPS) is 12.0. The minimum atomic E-state index is -0.459. The molecule has 0 fully saturated rings. The van der Waals surface area contributed by atoms with Crippen molar-refractivity contribution in [3.63, 3.8) is 0 Å². The lowest BCUT2D eigenvalue weighted by Crippen LogP contribution is -2.29. The number of azo groups is 1. The van der Waals surface area contributed by atoms with Crippen molar-refractivity contribution in [3.05, 3.63) is 58.6 Å². The summed E-state index contributed by atoms with van der Waals surface area (Å²) in [4.78, 5) is 24.0. The van der Waals surface area contributed by atoms with E-state index in [4.69, 9.17) is 4.74 Å². The second-order valence-electron chi connectivity index (χ2n) is 6.25. The fourth-order valence-corrected chi connectivity index (χ4v) is 2.29. The van der Waals surface area contributed by atoms with Crippen LogP contribution in [-0.2, 0) is 9.53 Å². The number of anilines is 1. The molecule has 0 aliphatic rings. The number of nitro benzene ring substituents is 1. The summed E-state index contributed by atoms with van der Waals surface area (Å²) in [6.07, 6.45) is 0.749. The number of carbonyl (C=O) groups is 1. The number of nitrogens with zero attached hydrogens (tertiary/aromatic N) is 4. The number of non-ortho nitro benzene ring substituents is 1. The van der Waals surface area contributed by atoms with Gasteiger partial charge in [-0.05, 0) is 49.7 Å². The van der Waals surface area contributed by atoms with Crippen molar-refractivity contribution in [2.45, 2.75) is 27.2 Å². The molecular formula is C20H24N4O4. The molecule has 0 aromatic heterocycles. The highest BCUT2D eigenvalue weighted by Crippen LogP contribution is 2.23. The largest absolute Gasteiger partial charge is 0.444 e. The van der Waals surface area contributed by atoms with Crippen molar-refractivity contribution >= 4 is 28.7 Å². The molecular weight excluding hydrogens is 360 g/mol. The molecule has 8 heteroatoms. The summed E-state index contributed by atoms with van der Waals surface area (Å²) in [6, 6.07) is 13.2. The van der Waals surface area contributed by atoms with E-state index >= 15 is 0 Å². The topological polar surface area (TPSA) is 97.4 Å². The molecule has 0 N–H and O–H groups in total. The zero-order chi connectivity index (χ0) is 20.5. The smallest absolute Gasteiger partial charge is 0.310 e. The SMILES string of the molecule is CCC(C)C(=O)OCN(CC)c1ccc(N=Nc2ccc([N+](=O)[O-])cc2)cc1. The molecule has 2 rings (SSSR count). The van der Waals surface area contributed by atoms with Gasteiger partial charge in [-0.1, -0.05) is 13.8 Å². The molecule has 0 bridgehead atoms. The number of ether oxygens (including phenoxy) is 1. The van der Waals surface area contributed by atoms with Crippen molar-refractivity contribution in [1.82, 2.24) is 0 Å². The van der Waals surface area contributed by atoms with Gasteiger partial charge in [0.25, 0.3) is 5.69 Å². The first kappa shape index (κ1) is 21.0. The van der Waals surface area contributed by atoms with Crippen molar-refractivity contribution in [2.75, 3.05) is 18.2 Å². The van der Waals surface area contributed by atoms with Crippen LogP contribution in [0, 0.1) is 16.0 Å². The fraction of sp³-hybridized carbons (Fsp3) is 0.350. The molecule has 0 spiro atoms. The highest BCUT2D eigenvalue weighted by Gasteiger charge is 2.14. The van der Waals surface area contributed by atoms with Crippen LogP contribution < -0.4 is 4.90 Å². The highest BCUT2D eigenvalue weighted by atomic mass is 16.6. The van der Waals surface area contributed by atoms with Crippen LogP contribution in [0.3, 0.4) is 0 Å². The second-order valence-corrected chi connectivity index (χ2v) is 6.25. The molecule has 0 saturated heterocycles. The second kappa shape index (κ2) is 10.1.